The first-order chi connectivity index (χ1) is 10.7. The summed E-state index contributed by atoms with van der Waals surface area (Å²) in [5, 5.41) is 0. The van der Waals surface area contributed by atoms with Gasteiger partial charge in [0.15, 0.2) is 0 Å². The molecule has 0 bridgehead atoms. The summed E-state index contributed by atoms with van der Waals surface area (Å²) in [6.45, 7) is 0. The average molecular weight is 336 g/mol. The molecular weight excluding hydrogens is 317 g/mol. The maximum Gasteiger partial charge on any atom is 0.410 e. The van der Waals surface area contributed by atoms with Crippen molar-refractivity contribution in [2.75, 3.05) is 7.11 Å². The lowest BCUT2D eigenvalue weighted by molar-refractivity contribution is -0.374. The van der Waals surface area contributed by atoms with E-state index in [1.807, 2.05) is 0 Å². The van der Waals surface area contributed by atoms with Gasteiger partial charge in [-0.1, -0.05) is 6.42 Å². The fourth-order valence-electron chi connectivity index (χ4n) is 4.02. The van der Waals surface area contributed by atoms with E-state index in [0.29, 0.717) is 25.7 Å². The number of alkyl halides is 3. The molecule has 3 rings (SSSR count). The third-order valence-corrected chi connectivity index (χ3v) is 5.18. The first kappa shape index (κ1) is 16.7. The molecule has 0 unspecified atom stereocenters. The normalized spacial score (nSPS) is 37.4. The number of methoxy groups -OCH3 is 1. The number of ether oxygens (including phenoxy) is 3. The van der Waals surface area contributed by atoms with Gasteiger partial charge in [-0.05, 0) is 12.8 Å². The van der Waals surface area contributed by atoms with Crippen molar-refractivity contribution in [3.63, 3.8) is 0 Å². The smallest absolute Gasteiger partial charge is 0.410 e. The van der Waals surface area contributed by atoms with Crippen LogP contribution in [-0.2, 0) is 23.8 Å². The number of Topliss-reactive ketones (excluding diaryl/α,β-unsaturated/α-hetero) is 1. The number of esters is 1. The van der Waals surface area contributed by atoms with E-state index in [-0.39, 0.29) is 0 Å². The Hall–Kier alpha value is -1.15. The number of hydrogen-bond acceptors (Lipinski definition) is 5. The second-order valence-electron chi connectivity index (χ2n) is 6.51. The summed E-state index contributed by atoms with van der Waals surface area (Å²) in [6.07, 6.45) is -6.01. The van der Waals surface area contributed by atoms with Crippen molar-refractivity contribution in [2.45, 2.75) is 69.1 Å². The van der Waals surface area contributed by atoms with Gasteiger partial charge in [0.05, 0.1) is 12.2 Å². The summed E-state index contributed by atoms with van der Waals surface area (Å²) in [7, 11) is 1.06. The predicted octanol–water partition coefficient (Wildman–Crippen LogP) is 2.52. The minimum Gasteiger partial charge on any atom is -0.432 e. The molecule has 3 fully saturated rings. The van der Waals surface area contributed by atoms with Crippen molar-refractivity contribution in [1.29, 1.82) is 0 Å². The number of carbonyl (C=O) groups is 2. The van der Waals surface area contributed by atoms with Gasteiger partial charge < -0.3 is 14.2 Å². The molecular formula is C15H19F3O5. The van der Waals surface area contributed by atoms with Crippen LogP contribution in [0.1, 0.15) is 44.9 Å². The average Bonchev–Trinajstić information content (AvgIpc) is 2.45. The SMILES string of the molecule is CO[C@H]1CC(=O)C[C@H]2OC3(CCCCC3)OC(=O)[C@@]12C(F)(F)F. The summed E-state index contributed by atoms with van der Waals surface area (Å²) in [5.41, 5.74) is -2.93. The van der Waals surface area contributed by atoms with E-state index in [2.05, 4.69) is 0 Å². The molecule has 0 aromatic rings. The second kappa shape index (κ2) is 5.44. The van der Waals surface area contributed by atoms with Gasteiger partial charge in [-0.15, -0.1) is 0 Å². The molecule has 23 heavy (non-hydrogen) atoms. The summed E-state index contributed by atoms with van der Waals surface area (Å²) < 4.78 is 57.3. The van der Waals surface area contributed by atoms with Crippen molar-refractivity contribution >= 4 is 11.8 Å². The Morgan fingerprint density at radius 2 is 1.78 bits per heavy atom. The fraction of sp³-hybridized carbons (Fsp3) is 0.867. The maximum atomic E-state index is 13.9. The highest BCUT2D eigenvalue weighted by atomic mass is 19.4. The molecule has 0 radical (unpaired) electrons. The van der Waals surface area contributed by atoms with Gasteiger partial charge in [-0.3, -0.25) is 9.59 Å². The molecule has 0 aromatic heterocycles. The van der Waals surface area contributed by atoms with Crippen molar-refractivity contribution in [1.82, 2.24) is 0 Å². The number of ketones is 1. The Morgan fingerprint density at radius 1 is 1.13 bits per heavy atom. The van der Waals surface area contributed by atoms with E-state index in [4.69, 9.17) is 14.2 Å². The molecule has 1 aliphatic heterocycles. The van der Waals surface area contributed by atoms with Gasteiger partial charge in [0.1, 0.15) is 5.78 Å². The minimum absolute atomic E-state index is 0.356. The molecule has 8 heteroatoms. The van der Waals surface area contributed by atoms with E-state index in [1.165, 1.54) is 0 Å². The molecule has 3 aliphatic rings. The van der Waals surface area contributed by atoms with Crippen LogP contribution >= 0.6 is 0 Å². The van der Waals surface area contributed by atoms with Gasteiger partial charge in [0, 0.05) is 32.8 Å². The number of fused-ring (bicyclic) bond motifs is 1. The lowest BCUT2D eigenvalue weighted by Crippen LogP contribution is -2.71. The quantitative estimate of drug-likeness (QED) is 0.689. The van der Waals surface area contributed by atoms with Crippen LogP contribution in [0.4, 0.5) is 13.2 Å². The number of rotatable bonds is 1. The minimum atomic E-state index is -4.92. The zero-order chi connectivity index (χ0) is 16.9. The lowest BCUT2D eigenvalue weighted by atomic mass is 9.67. The molecule has 1 saturated heterocycles. The van der Waals surface area contributed by atoms with Crippen LogP contribution in [0.25, 0.3) is 0 Å². The van der Waals surface area contributed by atoms with Crippen LogP contribution in [0.5, 0.6) is 0 Å². The highest BCUT2D eigenvalue weighted by Gasteiger charge is 2.76. The summed E-state index contributed by atoms with van der Waals surface area (Å²) in [5.74, 6) is -3.10. The maximum absolute atomic E-state index is 13.9. The topological polar surface area (TPSA) is 61.8 Å². The first-order valence-electron chi connectivity index (χ1n) is 7.78. The standard InChI is InChI=1S/C15H19F3O5/c1-21-10-7-9(19)8-11-14(10,15(16,17)18)12(20)23-13(22-11)5-3-2-4-6-13/h10-11H,2-8H2,1H3/t10-,11+,14+/m0/s1. The second-order valence-corrected chi connectivity index (χ2v) is 6.51. The lowest BCUT2D eigenvalue weighted by Gasteiger charge is -2.54. The monoisotopic (exact) mass is 336 g/mol. The Balaban J connectivity index is 2.04. The molecule has 2 aliphatic carbocycles. The van der Waals surface area contributed by atoms with Crippen LogP contribution < -0.4 is 0 Å². The summed E-state index contributed by atoms with van der Waals surface area (Å²) in [4.78, 5) is 24.4. The van der Waals surface area contributed by atoms with Crippen molar-refractivity contribution in [3.05, 3.63) is 0 Å². The first-order valence-corrected chi connectivity index (χ1v) is 7.78. The van der Waals surface area contributed by atoms with E-state index < -0.39 is 54.2 Å². The van der Waals surface area contributed by atoms with Crippen LogP contribution in [-0.4, -0.2) is 43.0 Å². The molecule has 0 amide bonds. The van der Waals surface area contributed by atoms with Crippen molar-refractivity contribution in [2.24, 2.45) is 5.41 Å². The van der Waals surface area contributed by atoms with Gasteiger partial charge >= 0.3 is 12.1 Å². The van der Waals surface area contributed by atoms with Gasteiger partial charge in [0.2, 0.25) is 11.2 Å². The van der Waals surface area contributed by atoms with Crippen molar-refractivity contribution in [3.8, 4) is 0 Å². The molecule has 0 N–H and O–H groups in total. The van der Waals surface area contributed by atoms with Crippen LogP contribution in [0, 0.1) is 5.41 Å². The Morgan fingerprint density at radius 3 is 2.35 bits per heavy atom. The zero-order valence-electron chi connectivity index (χ0n) is 12.8. The highest BCUT2D eigenvalue weighted by molar-refractivity contribution is 5.88. The van der Waals surface area contributed by atoms with Gasteiger partial charge in [-0.25, -0.2) is 0 Å². The summed E-state index contributed by atoms with van der Waals surface area (Å²) in [6, 6.07) is 0. The predicted molar refractivity (Wildman–Crippen MR) is 70.3 cm³/mol. The summed E-state index contributed by atoms with van der Waals surface area (Å²) >= 11 is 0. The van der Waals surface area contributed by atoms with E-state index in [1.54, 1.807) is 0 Å². The largest absolute Gasteiger partial charge is 0.432 e. The Labute approximate surface area is 131 Å². The van der Waals surface area contributed by atoms with Gasteiger partial charge in [-0.2, -0.15) is 13.2 Å². The zero-order valence-corrected chi connectivity index (χ0v) is 12.8. The molecule has 1 heterocycles. The number of halogens is 3. The molecule has 1 spiro atoms. The van der Waals surface area contributed by atoms with E-state index >= 15 is 0 Å². The number of carbonyl (C=O) groups excluding carboxylic acids is 2. The Kier molecular flexibility index (Phi) is 3.95. The molecule has 3 atom stereocenters. The molecule has 0 aromatic carbocycles. The Bertz CT molecular complexity index is 512. The van der Waals surface area contributed by atoms with Crippen LogP contribution in [0.15, 0.2) is 0 Å². The molecule has 2 saturated carbocycles. The van der Waals surface area contributed by atoms with Gasteiger partial charge in [0.25, 0.3) is 0 Å². The number of hydrogen-bond donors (Lipinski definition) is 0. The van der Waals surface area contributed by atoms with Crippen molar-refractivity contribution < 1.29 is 37.0 Å². The van der Waals surface area contributed by atoms with Crippen LogP contribution in [0.2, 0.25) is 0 Å². The molecule has 130 valence electrons. The van der Waals surface area contributed by atoms with Crippen LogP contribution in [0.3, 0.4) is 0 Å². The van der Waals surface area contributed by atoms with E-state index in [9.17, 15) is 22.8 Å². The third kappa shape index (κ3) is 2.38. The molecule has 5 nitrogen and oxygen atoms in total. The highest BCUT2D eigenvalue weighted by Crippen LogP contribution is 2.56. The fourth-order valence-corrected chi connectivity index (χ4v) is 4.02. The van der Waals surface area contributed by atoms with E-state index in [0.717, 1.165) is 13.5 Å². The third-order valence-electron chi connectivity index (χ3n) is 5.18.